The van der Waals surface area contributed by atoms with E-state index >= 15 is 0 Å². The number of nitrogens with zero attached hydrogens (tertiary/aromatic N) is 3. The summed E-state index contributed by atoms with van der Waals surface area (Å²) in [5, 5.41) is 6.09. The Morgan fingerprint density at radius 3 is 2.52 bits per heavy atom. The molecular weight excluding hydrogens is 314 g/mol. The quantitative estimate of drug-likeness (QED) is 0.722. The zero-order chi connectivity index (χ0) is 18.2. The lowest BCUT2D eigenvalue weighted by atomic mass is 10.1. The van der Waals surface area contributed by atoms with Crippen molar-refractivity contribution < 1.29 is 4.79 Å². The maximum absolute atomic E-state index is 12.4. The van der Waals surface area contributed by atoms with Crippen LogP contribution in [-0.2, 0) is 6.54 Å². The number of aromatic nitrogens is 2. The monoisotopic (exact) mass is 341 g/mol. The average molecular weight is 341 g/mol. The van der Waals surface area contributed by atoms with Crippen LogP contribution in [0.15, 0.2) is 30.3 Å². The molecule has 6 nitrogen and oxygen atoms in total. The lowest BCUT2D eigenvalue weighted by Gasteiger charge is -2.11. The van der Waals surface area contributed by atoms with Crippen LogP contribution in [0.2, 0.25) is 0 Å². The molecule has 1 amide bonds. The van der Waals surface area contributed by atoms with Crippen LogP contribution < -0.4 is 10.6 Å². The highest BCUT2D eigenvalue weighted by atomic mass is 16.1. The predicted octanol–water partition coefficient (Wildman–Crippen LogP) is 2.39. The highest BCUT2D eigenvalue weighted by molar-refractivity contribution is 5.92. The summed E-state index contributed by atoms with van der Waals surface area (Å²) in [5.74, 6) is 0.307. The molecule has 134 valence electrons. The standard InChI is InChI=1S/C19H27N5O/c1-14-6-8-16(9-7-14)13-21-18(25)17-12-15(2)22-19(23-17)20-10-5-11-24(3)4/h6-9,12H,5,10-11,13H2,1-4H3,(H,21,25)(H,20,22,23). The Morgan fingerprint density at radius 2 is 1.84 bits per heavy atom. The molecule has 0 unspecified atom stereocenters. The first kappa shape index (κ1) is 18.9. The SMILES string of the molecule is Cc1ccc(CNC(=O)c2cc(C)nc(NCCCN(C)C)n2)cc1. The Balaban J connectivity index is 1.93. The minimum Gasteiger partial charge on any atom is -0.354 e. The average Bonchev–Trinajstić information content (AvgIpc) is 2.57. The molecule has 0 spiro atoms. The van der Waals surface area contributed by atoms with Crippen LogP contribution >= 0.6 is 0 Å². The molecule has 0 aliphatic carbocycles. The molecule has 0 saturated heterocycles. The Morgan fingerprint density at radius 1 is 1.12 bits per heavy atom. The maximum Gasteiger partial charge on any atom is 0.270 e. The van der Waals surface area contributed by atoms with Gasteiger partial charge in [0.25, 0.3) is 5.91 Å². The molecule has 0 atom stereocenters. The highest BCUT2D eigenvalue weighted by Crippen LogP contribution is 2.07. The van der Waals surface area contributed by atoms with E-state index in [-0.39, 0.29) is 5.91 Å². The third kappa shape index (κ3) is 6.51. The molecule has 0 aliphatic heterocycles. The lowest BCUT2D eigenvalue weighted by Crippen LogP contribution is -2.25. The molecule has 1 aromatic carbocycles. The number of carbonyl (C=O) groups is 1. The van der Waals surface area contributed by atoms with Gasteiger partial charge in [0, 0.05) is 18.8 Å². The molecule has 0 radical (unpaired) electrons. The van der Waals surface area contributed by atoms with Crippen molar-refractivity contribution in [1.29, 1.82) is 0 Å². The summed E-state index contributed by atoms with van der Waals surface area (Å²) in [6, 6.07) is 9.80. The van der Waals surface area contributed by atoms with Crippen LogP contribution in [0.4, 0.5) is 5.95 Å². The first-order chi connectivity index (χ1) is 11.9. The van der Waals surface area contributed by atoms with E-state index in [1.807, 2.05) is 52.2 Å². The van der Waals surface area contributed by atoms with Crippen molar-refractivity contribution in [3.8, 4) is 0 Å². The normalized spacial score (nSPS) is 10.8. The fourth-order valence-corrected chi connectivity index (χ4v) is 2.34. The lowest BCUT2D eigenvalue weighted by molar-refractivity contribution is 0.0945. The van der Waals surface area contributed by atoms with E-state index in [0.29, 0.717) is 18.2 Å². The minimum absolute atomic E-state index is 0.192. The Labute approximate surface area is 149 Å². The molecule has 1 heterocycles. The highest BCUT2D eigenvalue weighted by Gasteiger charge is 2.10. The topological polar surface area (TPSA) is 70.2 Å². The minimum atomic E-state index is -0.192. The number of anilines is 1. The second-order valence-electron chi connectivity index (χ2n) is 6.47. The first-order valence-corrected chi connectivity index (χ1v) is 8.52. The van der Waals surface area contributed by atoms with Crippen LogP contribution in [0, 0.1) is 13.8 Å². The van der Waals surface area contributed by atoms with E-state index in [1.54, 1.807) is 6.07 Å². The molecular formula is C19H27N5O. The van der Waals surface area contributed by atoms with Crippen LogP contribution in [-0.4, -0.2) is 48.0 Å². The maximum atomic E-state index is 12.4. The van der Waals surface area contributed by atoms with E-state index in [1.165, 1.54) is 5.56 Å². The molecule has 0 fully saturated rings. The van der Waals surface area contributed by atoms with E-state index in [9.17, 15) is 4.79 Å². The molecule has 1 aromatic heterocycles. The van der Waals surface area contributed by atoms with Crippen LogP contribution in [0.25, 0.3) is 0 Å². The van der Waals surface area contributed by atoms with Gasteiger partial charge in [-0.05, 0) is 52.5 Å². The summed E-state index contributed by atoms with van der Waals surface area (Å²) in [5.41, 5.74) is 3.42. The zero-order valence-corrected chi connectivity index (χ0v) is 15.5. The largest absolute Gasteiger partial charge is 0.354 e. The Bertz CT molecular complexity index is 697. The van der Waals surface area contributed by atoms with Gasteiger partial charge >= 0.3 is 0 Å². The van der Waals surface area contributed by atoms with Gasteiger partial charge < -0.3 is 15.5 Å². The fourth-order valence-electron chi connectivity index (χ4n) is 2.34. The summed E-state index contributed by atoms with van der Waals surface area (Å²) in [6.07, 6.45) is 0.985. The molecule has 25 heavy (non-hydrogen) atoms. The first-order valence-electron chi connectivity index (χ1n) is 8.52. The summed E-state index contributed by atoms with van der Waals surface area (Å²) >= 11 is 0. The van der Waals surface area contributed by atoms with Gasteiger partial charge in [0.2, 0.25) is 5.95 Å². The van der Waals surface area contributed by atoms with E-state index in [4.69, 9.17) is 0 Å². The third-order valence-corrected chi connectivity index (χ3v) is 3.73. The Hall–Kier alpha value is -2.47. The van der Waals surface area contributed by atoms with Crippen molar-refractivity contribution >= 4 is 11.9 Å². The van der Waals surface area contributed by atoms with Crippen molar-refractivity contribution in [3.63, 3.8) is 0 Å². The van der Waals surface area contributed by atoms with Crippen LogP contribution in [0.1, 0.15) is 33.7 Å². The second-order valence-corrected chi connectivity index (χ2v) is 6.47. The van der Waals surface area contributed by atoms with Gasteiger partial charge in [-0.15, -0.1) is 0 Å². The van der Waals surface area contributed by atoms with Crippen molar-refractivity contribution in [2.75, 3.05) is 32.5 Å². The van der Waals surface area contributed by atoms with Crippen molar-refractivity contribution in [3.05, 3.63) is 52.8 Å². The number of rotatable bonds is 8. The van der Waals surface area contributed by atoms with Gasteiger partial charge in [0.15, 0.2) is 0 Å². The summed E-state index contributed by atoms with van der Waals surface area (Å²) in [7, 11) is 4.08. The van der Waals surface area contributed by atoms with E-state index in [0.717, 1.165) is 30.8 Å². The van der Waals surface area contributed by atoms with Crippen LogP contribution in [0.3, 0.4) is 0 Å². The second kappa shape index (κ2) is 9.13. The van der Waals surface area contributed by atoms with Gasteiger partial charge in [-0.2, -0.15) is 0 Å². The number of hydrogen-bond donors (Lipinski definition) is 2. The van der Waals surface area contributed by atoms with Gasteiger partial charge in [0.1, 0.15) is 5.69 Å². The zero-order valence-electron chi connectivity index (χ0n) is 15.5. The molecule has 0 saturated carbocycles. The van der Waals surface area contributed by atoms with Crippen molar-refractivity contribution in [1.82, 2.24) is 20.2 Å². The molecule has 2 rings (SSSR count). The van der Waals surface area contributed by atoms with Gasteiger partial charge in [-0.3, -0.25) is 4.79 Å². The molecule has 2 N–H and O–H groups in total. The van der Waals surface area contributed by atoms with E-state index in [2.05, 4.69) is 25.5 Å². The van der Waals surface area contributed by atoms with Gasteiger partial charge in [0.05, 0.1) is 0 Å². The number of carbonyl (C=O) groups excluding carboxylic acids is 1. The van der Waals surface area contributed by atoms with Crippen molar-refractivity contribution in [2.45, 2.75) is 26.8 Å². The predicted molar refractivity (Wildman–Crippen MR) is 101 cm³/mol. The van der Waals surface area contributed by atoms with Crippen LogP contribution in [0.5, 0.6) is 0 Å². The number of benzene rings is 1. The third-order valence-electron chi connectivity index (χ3n) is 3.73. The summed E-state index contributed by atoms with van der Waals surface area (Å²) in [6.45, 7) is 6.14. The van der Waals surface area contributed by atoms with E-state index < -0.39 is 0 Å². The van der Waals surface area contributed by atoms with Gasteiger partial charge in [-0.25, -0.2) is 9.97 Å². The number of hydrogen-bond acceptors (Lipinski definition) is 5. The molecule has 0 bridgehead atoms. The fraction of sp³-hybridized carbons (Fsp3) is 0.421. The Kier molecular flexibility index (Phi) is 6.89. The molecule has 0 aliphatic rings. The van der Waals surface area contributed by atoms with Gasteiger partial charge in [-0.1, -0.05) is 29.8 Å². The molecule has 6 heteroatoms. The summed E-state index contributed by atoms with van der Waals surface area (Å²) < 4.78 is 0. The molecule has 2 aromatic rings. The number of aryl methyl sites for hydroxylation is 2. The smallest absolute Gasteiger partial charge is 0.270 e. The van der Waals surface area contributed by atoms with Crippen molar-refractivity contribution in [2.24, 2.45) is 0 Å². The number of amides is 1. The summed E-state index contributed by atoms with van der Waals surface area (Å²) in [4.78, 5) is 23.2. The number of nitrogens with one attached hydrogen (secondary N) is 2.